The summed E-state index contributed by atoms with van der Waals surface area (Å²) in [7, 11) is 0. The molecule has 0 saturated heterocycles. The standard InChI is InChI=1S/C24H28N2OS/c1-16(2)14-17-6-8-18(9-7-17)21-15-28-23(25-21)26-22(27)19-10-12-20(13-11-19)24(3,4)5/h6-13,15-16H,14H2,1-5H3,(H,25,26,27). The molecule has 1 amide bonds. The van der Waals surface area contributed by atoms with E-state index in [0.717, 1.165) is 17.7 Å². The van der Waals surface area contributed by atoms with Gasteiger partial charge in [0.05, 0.1) is 5.69 Å². The van der Waals surface area contributed by atoms with Gasteiger partial charge in [-0.25, -0.2) is 4.98 Å². The van der Waals surface area contributed by atoms with Crippen LogP contribution in [-0.2, 0) is 11.8 Å². The van der Waals surface area contributed by atoms with Crippen molar-refractivity contribution in [3.8, 4) is 11.3 Å². The number of rotatable bonds is 5. The highest BCUT2D eigenvalue weighted by Crippen LogP contribution is 2.26. The molecule has 0 aliphatic carbocycles. The van der Waals surface area contributed by atoms with Crippen molar-refractivity contribution in [2.45, 2.75) is 46.5 Å². The predicted octanol–water partition coefficient (Wildman–Crippen LogP) is 6.56. The number of hydrogen-bond donors (Lipinski definition) is 1. The maximum atomic E-state index is 12.5. The van der Waals surface area contributed by atoms with Crippen molar-refractivity contribution in [3.63, 3.8) is 0 Å². The van der Waals surface area contributed by atoms with Gasteiger partial charge in [0.25, 0.3) is 5.91 Å². The maximum Gasteiger partial charge on any atom is 0.257 e. The van der Waals surface area contributed by atoms with Crippen molar-refractivity contribution in [1.29, 1.82) is 0 Å². The lowest BCUT2D eigenvalue weighted by Gasteiger charge is -2.18. The van der Waals surface area contributed by atoms with Crippen LogP contribution in [0.1, 0.15) is 56.1 Å². The molecule has 3 nitrogen and oxygen atoms in total. The first-order chi connectivity index (χ1) is 13.2. The maximum absolute atomic E-state index is 12.5. The van der Waals surface area contributed by atoms with E-state index in [0.29, 0.717) is 16.6 Å². The Bertz CT molecular complexity index is 932. The molecule has 2 aromatic carbocycles. The molecule has 4 heteroatoms. The fraction of sp³-hybridized carbons (Fsp3) is 0.333. The highest BCUT2D eigenvalue weighted by atomic mass is 32.1. The minimum Gasteiger partial charge on any atom is -0.298 e. The molecule has 1 aromatic heterocycles. The minimum atomic E-state index is -0.131. The van der Waals surface area contributed by atoms with E-state index in [2.05, 4.69) is 69.2 Å². The number of nitrogens with one attached hydrogen (secondary N) is 1. The third-order valence-corrected chi connectivity index (χ3v) is 5.39. The summed E-state index contributed by atoms with van der Waals surface area (Å²) in [4.78, 5) is 17.1. The van der Waals surface area contributed by atoms with E-state index in [-0.39, 0.29) is 11.3 Å². The number of carbonyl (C=O) groups excluding carboxylic acids is 1. The quantitative estimate of drug-likeness (QED) is 0.534. The van der Waals surface area contributed by atoms with Crippen LogP contribution in [0.3, 0.4) is 0 Å². The lowest BCUT2D eigenvalue weighted by Crippen LogP contribution is -2.14. The Labute approximate surface area is 171 Å². The van der Waals surface area contributed by atoms with Gasteiger partial charge in [0, 0.05) is 16.5 Å². The van der Waals surface area contributed by atoms with Gasteiger partial charge in [-0.05, 0) is 41.0 Å². The summed E-state index contributed by atoms with van der Waals surface area (Å²) < 4.78 is 0. The number of carbonyl (C=O) groups is 1. The minimum absolute atomic E-state index is 0.0733. The lowest BCUT2D eigenvalue weighted by atomic mass is 9.87. The van der Waals surface area contributed by atoms with Gasteiger partial charge in [0.1, 0.15) is 0 Å². The first-order valence-corrected chi connectivity index (χ1v) is 10.6. The predicted molar refractivity (Wildman–Crippen MR) is 119 cm³/mol. The number of thiazole rings is 1. The Morgan fingerprint density at radius 3 is 2.25 bits per heavy atom. The number of anilines is 1. The molecule has 1 heterocycles. The summed E-state index contributed by atoms with van der Waals surface area (Å²) in [6.07, 6.45) is 1.08. The van der Waals surface area contributed by atoms with Crippen LogP contribution in [0.2, 0.25) is 0 Å². The summed E-state index contributed by atoms with van der Waals surface area (Å²) in [5.74, 6) is 0.512. The van der Waals surface area contributed by atoms with E-state index in [1.807, 2.05) is 29.6 Å². The van der Waals surface area contributed by atoms with Crippen LogP contribution < -0.4 is 5.32 Å². The Balaban J connectivity index is 1.68. The second-order valence-corrected chi connectivity index (χ2v) is 9.47. The summed E-state index contributed by atoms with van der Waals surface area (Å²) in [5, 5.41) is 5.51. The van der Waals surface area contributed by atoms with E-state index in [1.54, 1.807) is 0 Å². The van der Waals surface area contributed by atoms with Crippen molar-refractivity contribution < 1.29 is 4.79 Å². The van der Waals surface area contributed by atoms with Crippen LogP contribution in [0.4, 0.5) is 5.13 Å². The average molecular weight is 393 g/mol. The zero-order valence-corrected chi connectivity index (χ0v) is 18.1. The van der Waals surface area contributed by atoms with Gasteiger partial charge in [-0.15, -0.1) is 11.3 Å². The number of hydrogen-bond acceptors (Lipinski definition) is 3. The van der Waals surface area contributed by atoms with Gasteiger partial charge in [-0.2, -0.15) is 0 Å². The molecule has 0 fully saturated rings. The van der Waals surface area contributed by atoms with Crippen molar-refractivity contribution in [3.05, 3.63) is 70.6 Å². The SMILES string of the molecule is CC(C)Cc1ccc(-c2csc(NC(=O)c3ccc(C(C)(C)C)cc3)n2)cc1. The molecule has 0 bridgehead atoms. The Morgan fingerprint density at radius 1 is 1.04 bits per heavy atom. The van der Waals surface area contributed by atoms with E-state index in [1.165, 1.54) is 22.5 Å². The van der Waals surface area contributed by atoms with E-state index >= 15 is 0 Å². The van der Waals surface area contributed by atoms with Gasteiger partial charge in [-0.1, -0.05) is 71.0 Å². The van der Waals surface area contributed by atoms with Crippen LogP contribution in [0.25, 0.3) is 11.3 Å². The summed E-state index contributed by atoms with van der Waals surface area (Å²) in [5.41, 5.74) is 5.22. The zero-order chi connectivity index (χ0) is 20.3. The number of aromatic nitrogens is 1. The fourth-order valence-electron chi connectivity index (χ4n) is 3.04. The zero-order valence-electron chi connectivity index (χ0n) is 17.2. The van der Waals surface area contributed by atoms with Gasteiger partial charge < -0.3 is 0 Å². The third-order valence-electron chi connectivity index (χ3n) is 4.63. The second-order valence-electron chi connectivity index (χ2n) is 8.61. The van der Waals surface area contributed by atoms with Crippen LogP contribution in [-0.4, -0.2) is 10.9 Å². The van der Waals surface area contributed by atoms with Crippen LogP contribution in [0.5, 0.6) is 0 Å². The van der Waals surface area contributed by atoms with Gasteiger partial charge >= 0.3 is 0 Å². The summed E-state index contributed by atoms with van der Waals surface area (Å²) in [6.45, 7) is 10.9. The molecule has 1 N–H and O–H groups in total. The van der Waals surface area contributed by atoms with Crippen molar-refractivity contribution in [2.24, 2.45) is 5.92 Å². The highest BCUT2D eigenvalue weighted by molar-refractivity contribution is 7.14. The number of amides is 1. The molecule has 0 aliphatic rings. The first-order valence-electron chi connectivity index (χ1n) is 9.69. The highest BCUT2D eigenvalue weighted by Gasteiger charge is 2.15. The molecular weight excluding hydrogens is 364 g/mol. The third kappa shape index (κ3) is 5.08. The van der Waals surface area contributed by atoms with E-state index in [9.17, 15) is 4.79 Å². The van der Waals surface area contributed by atoms with Gasteiger partial charge in [0.2, 0.25) is 0 Å². The molecule has 0 radical (unpaired) electrons. The van der Waals surface area contributed by atoms with Crippen molar-refractivity contribution in [2.75, 3.05) is 5.32 Å². The molecule has 0 spiro atoms. The Morgan fingerprint density at radius 2 is 1.68 bits per heavy atom. The Kier molecular flexibility index (Phi) is 5.99. The van der Waals surface area contributed by atoms with Gasteiger partial charge in [0.15, 0.2) is 5.13 Å². The lowest BCUT2D eigenvalue weighted by molar-refractivity contribution is 0.102. The molecule has 0 aliphatic heterocycles. The fourth-order valence-corrected chi connectivity index (χ4v) is 3.75. The first kappa shape index (κ1) is 20.3. The molecule has 0 atom stereocenters. The van der Waals surface area contributed by atoms with Crippen LogP contribution in [0.15, 0.2) is 53.9 Å². The molecule has 146 valence electrons. The van der Waals surface area contributed by atoms with Crippen molar-refractivity contribution in [1.82, 2.24) is 4.98 Å². The molecule has 3 rings (SSSR count). The number of benzene rings is 2. The van der Waals surface area contributed by atoms with Crippen LogP contribution >= 0.6 is 11.3 Å². The smallest absolute Gasteiger partial charge is 0.257 e. The van der Waals surface area contributed by atoms with E-state index in [4.69, 9.17) is 0 Å². The monoisotopic (exact) mass is 392 g/mol. The largest absolute Gasteiger partial charge is 0.298 e. The number of nitrogens with zero attached hydrogens (tertiary/aromatic N) is 1. The molecular formula is C24H28N2OS. The summed E-state index contributed by atoms with van der Waals surface area (Å²) >= 11 is 1.45. The summed E-state index contributed by atoms with van der Waals surface area (Å²) in [6, 6.07) is 16.3. The van der Waals surface area contributed by atoms with Gasteiger partial charge in [-0.3, -0.25) is 10.1 Å². The Hall–Kier alpha value is -2.46. The normalized spacial score (nSPS) is 11.6. The average Bonchev–Trinajstić information content (AvgIpc) is 3.09. The molecule has 28 heavy (non-hydrogen) atoms. The topological polar surface area (TPSA) is 42.0 Å². The molecule has 0 saturated carbocycles. The van der Waals surface area contributed by atoms with Crippen molar-refractivity contribution >= 4 is 22.4 Å². The second kappa shape index (κ2) is 8.27. The van der Waals surface area contributed by atoms with Crippen LogP contribution in [0, 0.1) is 5.92 Å². The van der Waals surface area contributed by atoms with E-state index < -0.39 is 0 Å². The molecule has 0 unspecified atom stereocenters. The molecule has 3 aromatic rings.